The molecule has 0 spiro atoms. The summed E-state index contributed by atoms with van der Waals surface area (Å²) in [6, 6.07) is 13.5. The monoisotopic (exact) mass is 285 g/mol. The number of methoxy groups -OCH3 is 1. The molecule has 0 saturated heterocycles. The number of benzene rings is 2. The highest BCUT2D eigenvalue weighted by Crippen LogP contribution is 2.20. The van der Waals surface area contributed by atoms with Crippen molar-refractivity contribution in [3.05, 3.63) is 54.3 Å². The number of anilines is 2. The Labute approximate surface area is 120 Å². The van der Waals surface area contributed by atoms with Crippen molar-refractivity contribution in [1.82, 2.24) is 20.2 Å². The second kappa shape index (κ2) is 5.58. The van der Waals surface area contributed by atoms with E-state index >= 15 is 0 Å². The standard InChI is InChI=1S/C14H12FN5O/c1-21-11-8-6-10(7-9-11)16-14-17-18-19-20(14)13-5-3-2-4-12(13)15/h2-9H,1H3,(H,16,17,19). The molecule has 2 aromatic carbocycles. The number of aromatic nitrogens is 4. The van der Waals surface area contributed by atoms with Crippen molar-refractivity contribution in [3.63, 3.8) is 0 Å². The first kappa shape index (κ1) is 13.0. The molecular formula is C14H12FN5O. The molecule has 0 saturated carbocycles. The Balaban J connectivity index is 1.90. The van der Waals surface area contributed by atoms with Crippen LogP contribution >= 0.6 is 0 Å². The summed E-state index contributed by atoms with van der Waals surface area (Å²) in [7, 11) is 1.60. The van der Waals surface area contributed by atoms with Gasteiger partial charge in [-0.15, -0.1) is 0 Å². The van der Waals surface area contributed by atoms with Crippen molar-refractivity contribution in [1.29, 1.82) is 0 Å². The van der Waals surface area contributed by atoms with Gasteiger partial charge in [-0.2, -0.15) is 4.68 Å². The Morgan fingerprint density at radius 2 is 1.86 bits per heavy atom. The molecule has 0 aliphatic rings. The minimum atomic E-state index is -0.400. The molecule has 1 aromatic heterocycles. The van der Waals surface area contributed by atoms with Crippen LogP contribution in [0.2, 0.25) is 0 Å². The molecule has 0 aliphatic carbocycles. The first-order valence-corrected chi connectivity index (χ1v) is 6.22. The second-order valence-corrected chi connectivity index (χ2v) is 4.22. The lowest BCUT2D eigenvalue weighted by Crippen LogP contribution is -2.05. The highest BCUT2D eigenvalue weighted by molar-refractivity contribution is 5.56. The van der Waals surface area contributed by atoms with Crippen molar-refractivity contribution in [2.24, 2.45) is 0 Å². The number of hydrogen-bond acceptors (Lipinski definition) is 5. The summed E-state index contributed by atoms with van der Waals surface area (Å²) < 4.78 is 20.2. The van der Waals surface area contributed by atoms with Gasteiger partial charge >= 0.3 is 0 Å². The topological polar surface area (TPSA) is 64.9 Å². The predicted octanol–water partition coefficient (Wildman–Crippen LogP) is 2.55. The first-order chi connectivity index (χ1) is 10.3. The number of ether oxygens (including phenoxy) is 1. The van der Waals surface area contributed by atoms with Gasteiger partial charge in [0.05, 0.1) is 7.11 Å². The third kappa shape index (κ3) is 2.66. The van der Waals surface area contributed by atoms with Crippen molar-refractivity contribution in [3.8, 4) is 11.4 Å². The molecule has 3 aromatic rings. The van der Waals surface area contributed by atoms with Crippen LogP contribution in [0.25, 0.3) is 5.69 Å². The Kier molecular flexibility index (Phi) is 3.46. The average molecular weight is 285 g/mol. The van der Waals surface area contributed by atoms with E-state index in [0.29, 0.717) is 5.95 Å². The van der Waals surface area contributed by atoms with Crippen LogP contribution in [0, 0.1) is 5.82 Å². The van der Waals surface area contributed by atoms with Gasteiger partial charge in [-0.05, 0) is 46.8 Å². The zero-order chi connectivity index (χ0) is 14.7. The molecule has 6 nitrogen and oxygen atoms in total. The Bertz CT molecular complexity index is 741. The van der Waals surface area contributed by atoms with E-state index in [1.807, 2.05) is 12.1 Å². The van der Waals surface area contributed by atoms with Crippen LogP contribution in [0.3, 0.4) is 0 Å². The van der Waals surface area contributed by atoms with Gasteiger partial charge in [0.25, 0.3) is 5.95 Å². The fraction of sp³-hybridized carbons (Fsp3) is 0.0714. The summed E-state index contributed by atoms with van der Waals surface area (Å²) in [6.45, 7) is 0. The van der Waals surface area contributed by atoms with E-state index in [9.17, 15) is 4.39 Å². The Morgan fingerprint density at radius 3 is 2.57 bits per heavy atom. The minimum Gasteiger partial charge on any atom is -0.497 e. The van der Waals surface area contributed by atoms with Crippen molar-refractivity contribution < 1.29 is 9.13 Å². The van der Waals surface area contributed by atoms with E-state index in [4.69, 9.17) is 4.74 Å². The maximum Gasteiger partial charge on any atom is 0.252 e. The average Bonchev–Trinajstić information content (AvgIpc) is 2.96. The molecule has 0 bridgehead atoms. The summed E-state index contributed by atoms with van der Waals surface area (Å²) in [5, 5.41) is 14.3. The van der Waals surface area contributed by atoms with E-state index in [2.05, 4.69) is 20.8 Å². The van der Waals surface area contributed by atoms with Crippen molar-refractivity contribution >= 4 is 11.6 Å². The molecule has 21 heavy (non-hydrogen) atoms. The van der Waals surface area contributed by atoms with Gasteiger partial charge < -0.3 is 10.1 Å². The van der Waals surface area contributed by atoms with Gasteiger partial charge in [0.15, 0.2) is 0 Å². The maximum atomic E-state index is 13.8. The molecule has 0 atom stereocenters. The summed E-state index contributed by atoms with van der Waals surface area (Å²) in [5.41, 5.74) is 1.04. The van der Waals surface area contributed by atoms with Crippen LogP contribution in [0.1, 0.15) is 0 Å². The molecule has 0 aliphatic heterocycles. The van der Waals surface area contributed by atoms with Gasteiger partial charge in [-0.3, -0.25) is 0 Å². The largest absolute Gasteiger partial charge is 0.497 e. The third-order valence-electron chi connectivity index (χ3n) is 2.90. The normalized spacial score (nSPS) is 10.4. The maximum absolute atomic E-state index is 13.8. The summed E-state index contributed by atoms with van der Waals surface area (Å²) in [6.07, 6.45) is 0. The summed E-state index contributed by atoms with van der Waals surface area (Å²) in [5.74, 6) is 0.669. The van der Waals surface area contributed by atoms with E-state index in [1.54, 1.807) is 37.4 Å². The van der Waals surface area contributed by atoms with Gasteiger partial charge in [-0.1, -0.05) is 17.2 Å². The number of rotatable bonds is 4. The fourth-order valence-electron chi connectivity index (χ4n) is 1.85. The van der Waals surface area contributed by atoms with Crippen LogP contribution in [0.5, 0.6) is 5.75 Å². The number of hydrogen-bond donors (Lipinski definition) is 1. The molecule has 0 amide bonds. The van der Waals surface area contributed by atoms with E-state index in [0.717, 1.165) is 11.4 Å². The SMILES string of the molecule is COc1ccc(Nc2nnnn2-c2ccccc2F)cc1. The van der Waals surface area contributed by atoms with E-state index < -0.39 is 5.82 Å². The minimum absolute atomic E-state index is 0.276. The molecular weight excluding hydrogens is 273 g/mol. The molecule has 106 valence electrons. The number of nitrogens with zero attached hydrogens (tertiary/aromatic N) is 4. The zero-order valence-corrected chi connectivity index (χ0v) is 11.2. The van der Waals surface area contributed by atoms with Crippen LogP contribution in [0.4, 0.5) is 16.0 Å². The van der Waals surface area contributed by atoms with Crippen LogP contribution in [-0.2, 0) is 0 Å². The quantitative estimate of drug-likeness (QED) is 0.798. The number of tetrazole rings is 1. The molecule has 0 unspecified atom stereocenters. The highest BCUT2D eigenvalue weighted by Gasteiger charge is 2.11. The van der Waals surface area contributed by atoms with E-state index in [1.165, 1.54) is 10.7 Å². The fourth-order valence-corrected chi connectivity index (χ4v) is 1.85. The summed E-state index contributed by atoms with van der Waals surface area (Å²) in [4.78, 5) is 0. The Morgan fingerprint density at radius 1 is 1.10 bits per heavy atom. The molecule has 3 rings (SSSR count). The van der Waals surface area contributed by atoms with Crippen molar-refractivity contribution in [2.75, 3.05) is 12.4 Å². The molecule has 7 heteroatoms. The molecule has 1 N–H and O–H groups in total. The summed E-state index contributed by atoms with van der Waals surface area (Å²) >= 11 is 0. The van der Waals surface area contributed by atoms with Crippen LogP contribution in [-0.4, -0.2) is 27.3 Å². The zero-order valence-electron chi connectivity index (χ0n) is 11.2. The smallest absolute Gasteiger partial charge is 0.252 e. The van der Waals surface area contributed by atoms with Crippen LogP contribution in [0.15, 0.2) is 48.5 Å². The van der Waals surface area contributed by atoms with E-state index in [-0.39, 0.29) is 5.69 Å². The lowest BCUT2D eigenvalue weighted by atomic mass is 10.3. The number of halogens is 1. The number of para-hydroxylation sites is 1. The van der Waals surface area contributed by atoms with Gasteiger partial charge in [-0.25, -0.2) is 4.39 Å². The molecule has 0 fully saturated rings. The van der Waals surface area contributed by atoms with Crippen LogP contribution < -0.4 is 10.1 Å². The first-order valence-electron chi connectivity index (χ1n) is 6.22. The van der Waals surface area contributed by atoms with Gasteiger partial charge in [0.2, 0.25) is 0 Å². The second-order valence-electron chi connectivity index (χ2n) is 4.22. The van der Waals surface area contributed by atoms with Gasteiger partial charge in [0.1, 0.15) is 17.3 Å². The third-order valence-corrected chi connectivity index (χ3v) is 2.90. The lowest BCUT2D eigenvalue weighted by Gasteiger charge is -2.08. The molecule has 1 heterocycles. The van der Waals surface area contributed by atoms with Gasteiger partial charge in [0, 0.05) is 5.69 Å². The lowest BCUT2D eigenvalue weighted by molar-refractivity contribution is 0.415. The van der Waals surface area contributed by atoms with Crippen molar-refractivity contribution in [2.45, 2.75) is 0 Å². The Hall–Kier alpha value is -2.96. The highest BCUT2D eigenvalue weighted by atomic mass is 19.1. The molecule has 0 radical (unpaired) electrons. The number of nitrogens with one attached hydrogen (secondary N) is 1. The predicted molar refractivity (Wildman–Crippen MR) is 75.4 cm³/mol.